The molecule has 0 saturated heterocycles. The summed E-state index contributed by atoms with van der Waals surface area (Å²) >= 11 is 0. The molecule has 0 unspecified atom stereocenters. The Kier molecular flexibility index (Phi) is 6.70. The molecule has 0 radical (unpaired) electrons. The highest BCUT2D eigenvalue weighted by Crippen LogP contribution is 2.55. The quantitative estimate of drug-likeness (QED) is 0.173. The van der Waals surface area contributed by atoms with E-state index in [2.05, 4.69) is 117 Å². The third kappa shape index (κ3) is 4.65. The van der Waals surface area contributed by atoms with Crippen LogP contribution in [0, 0.1) is 0 Å². The van der Waals surface area contributed by atoms with Gasteiger partial charge in [-0.2, -0.15) is 0 Å². The lowest BCUT2D eigenvalue weighted by molar-refractivity contribution is 0.666. The van der Waals surface area contributed by atoms with Gasteiger partial charge in [0.1, 0.15) is 0 Å². The molecule has 2 heterocycles. The van der Waals surface area contributed by atoms with Gasteiger partial charge in [0.25, 0.3) is 0 Å². The lowest BCUT2D eigenvalue weighted by atomic mass is 9.79. The lowest BCUT2D eigenvalue weighted by Crippen LogP contribution is -2.19. The first kappa shape index (κ1) is 31.1. The minimum absolute atomic E-state index is 0.0363. The van der Waals surface area contributed by atoms with Crippen molar-refractivity contribution < 1.29 is 0 Å². The molecule has 0 bridgehead atoms. The van der Waals surface area contributed by atoms with Crippen molar-refractivity contribution in [2.75, 3.05) is 0 Å². The molecule has 0 saturated carbocycles. The van der Waals surface area contributed by atoms with Gasteiger partial charge in [-0.1, -0.05) is 135 Å². The molecule has 0 fully saturated rings. The zero-order valence-corrected chi connectivity index (χ0v) is 29.9. The number of fused-ring (bicyclic) bond motifs is 9. The van der Waals surface area contributed by atoms with Gasteiger partial charge in [0.15, 0.2) is 17.5 Å². The largest absolute Gasteiger partial charge is 0.328 e. The standard InChI is InChI=1S/C47H35N5O/c1-47(2)38-26-32(22-24-37(38)41-35-16-10-8-14-33(35)34-15-9-11-17-36(34)42(41)47)45-49-43(29-12-6-5-7-13-29)48-44(50-45)30-20-18-28(19-21-30)31-23-25-39-40(27-31)52(4)46(53)51(39)3/h5-27H,1-4H3. The number of hydrogen-bond donors (Lipinski definition) is 0. The van der Waals surface area contributed by atoms with Crippen molar-refractivity contribution in [1.82, 2.24) is 24.1 Å². The number of imidazole rings is 1. The summed E-state index contributed by atoms with van der Waals surface area (Å²) in [5.74, 6) is 1.88. The van der Waals surface area contributed by atoms with Gasteiger partial charge >= 0.3 is 5.69 Å². The Morgan fingerprint density at radius 1 is 0.472 bits per heavy atom. The summed E-state index contributed by atoms with van der Waals surface area (Å²) in [6.45, 7) is 4.68. The minimum Gasteiger partial charge on any atom is -0.295 e. The van der Waals surface area contributed by atoms with Crippen LogP contribution in [0.5, 0.6) is 0 Å². The Labute approximate surface area is 306 Å². The van der Waals surface area contributed by atoms with E-state index in [1.54, 1.807) is 16.2 Å². The second kappa shape index (κ2) is 11.4. The SMILES string of the molecule is Cn1c(=O)n(C)c2cc(-c3ccc(-c4nc(-c5ccccc5)nc(-c5ccc6c(c5)C(C)(C)c5c-6c6ccccc6c6ccccc56)n4)cc3)ccc21. The lowest BCUT2D eigenvalue weighted by Gasteiger charge is -2.24. The van der Waals surface area contributed by atoms with Crippen LogP contribution in [0.1, 0.15) is 25.0 Å². The second-order valence-corrected chi connectivity index (χ2v) is 14.6. The Bertz CT molecular complexity index is 3010. The third-order valence-electron chi connectivity index (χ3n) is 11.2. The predicted octanol–water partition coefficient (Wildman–Crippen LogP) is 10.3. The average molecular weight is 686 g/mol. The number of hydrogen-bond acceptors (Lipinski definition) is 4. The van der Waals surface area contributed by atoms with E-state index in [4.69, 9.17) is 15.0 Å². The summed E-state index contributed by atoms with van der Waals surface area (Å²) < 4.78 is 3.36. The number of benzene rings is 7. The second-order valence-electron chi connectivity index (χ2n) is 14.6. The topological polar surface area (TPSA) is 65.6 Å². The highest BCUT2D eigenvalue weighted by atomic mass is 16.1. The summed E-state index contributed by atoms with van der Waals surface area (Å²) in [7, 11) is 3.61. The van der Waals surface area contributed by atoms with Gasteiger partial charge < -0.3 is 0 Å². The van der Waals surface area contributed by atoms with Crippen LogP contribution in [0.2, 0.25) is 0 Å². The van der Waals surface area contributed by atoms with Crippen molar-refractivity contribution in [2.45, 2.75) is 19.3 Å². The van der Waals surface area contributed by atoms with Gasteiger partial charge in [-0.3, -0.25) is 9.13 Å². The molecule has 0 amide bonds. The van der Waals surface area contributed by atoms with Crippen molar-refractivity contribution in [3.05, 3.63) is 161 Å². The first-order valence-electron chi connectivity index (χ1n) is 17.9. The fraction of sp³-hybridized carbons (Fsp3) is 0.106. The predicted molar refractivity (Wildman–Crippen MR) is 216 cm³/mol. The van der Waals surface area contributed by atoms with Crippen LogP contribution >= 0.6 is 0 Å². The molecule has 10 rings (SSSR count). The monoisotopic (exact) mass is 685 g/mol. The molecule has 1 aliphatic rings. The summed E-state index contributed by atoms with van der Waals surface area (Å²) in [5, 5.41) is 5.15. The van der Waals surface area contributed by atoms with Crippen molar-refractivity contribution in [3.63, 3.8) is 0 Å². The Morgan fingerprint density at radius 2 is 0.981 bits per heavy atom. The molecule has 7 aromatic carbocycles. The van der Waals surface area contributed by atoms with E-state index in [0.717, 1.165) is 38.9 Å². The van der Waals surface area contributed by atoms with E-state index in [1.807, 2.05) is 43.4 Å². The summed E-state index contributed by atoms with van der Waals surface area (Å²) in [5.41, 5.74) is 11.6. The number of aryl methyl sites for hydroxylation is 2. The van der Waals surface area contributed by atoms with Gasteiger partial charge in [0.2, 0.25) is 0 Å². The van der Waals surface area contributed by atoms with E-state index < -0.39 is 0 Å². The van der Waals surface area contributed by atoms with Crippen LogP contribution in [0.25, 0.3) is 89.0 Å². The molecule has 6 heteroatoms. The molecule has 0 aliphatic heterocycles. The Hall–Kier alpha value is -6.66. The zero-order valence-electron chi connectivity index (χ0n) is 29.9. The van der Waals surface area contributed by atoms with Gasteiger partial charge in [-0.15, -0.1) is 0 Å². The average Bonchev–Trinajstić information content (AvgIpc) is 3.58. The van der Waals surface area contributed by atoms with E-state index in [1.165, 1.54) is 43.8 Å². The molecule has 53 heavy (non-hydrogen) atoms. The van der Waals surface area contributed by atoms with E-state index in [0.29, 0.717) is 17.5 Å². The molecule has 6 nitrogen and oxygen atoms in total. The van der Waals surface area contributed by atoms with E-state index in [9.17, 15) is 4.79 Å². The molecule has 0 N–H and O–H groups in total. The Morgan fingerprint density at radius 3 is 1.68 bits per heavy atom. The molecule has 254 valence electrons. The van der Waals surface area contributed by atoms with Crippen LogP contribution in [-0.2, 0) is 19.5 Å². The van der Waals surface area contributed by atoms with Crippen LogP contribution in [0.15, 0.2) is 144 Å². The highest BCUT2D eigenvalue weighted by molar-refractivity contribution is 6.18. The fourth-order valence-corrected chi connectivity index (χ4v) is 8.47. The molecular weight excluding hydrogens is 651 g/mol. The molecular formula is C47H35N5O. The maximum atomic E-state index is 12.5. The van der Waals surface area contributed by atoms with Gasteiger partial charge in [-0.05, 0) is 73.1 Å². The zero-order chi connectivity index (χ0) is 36.0. The molecule has 0 atom stereocenters. The first-order chi connectivity index (χ1) is 25.8. The van der Waals surface area contributed by atoms with Gasteiger partial charge in [0.05, 0.1) is 11.0 Å². The fourth-order valence-electron chi connectivity index (χ4n) is 8.47. The van der Waals surface area contributed by atoms with E-state index >= 15 is 0 Å². The molecule has 2 aromatic heterocycles. The van der Waals surface area contributed by atoms with Crippen molar-refractivity contribution >= 4 is 32.6 Å². The third-order valence-corrected chi connectivity index (χ3v) is 11.2. The maximum absolute atomic E-state index is 12.5. The number of nitrogens with zero attached hydrogens (tertiary/aromatic N) is 5. The van der Waals surface area contributed by atoms with Crippen LogP contribution in [0.3, 0.4) is 0 Å². The molecule has 9 aromatic rings. The van der Waals surface area contributed by atoms with Gasteiger partial charge in [-0.25, -0.2) is 19.7 Å². The molecule has 0 spiro atoms. The first-order valence-corrected chi connectivity index (χ1v) is 17.9. The van der Waals surface area contributed by atoms with Crippen LogP contribution in [-0.4, -0.2) is 24.1 Å². The summed E-state index contributed by atoms with van der Waals surface area (Å²) in [6, 6.07) is 48.9. The normalized spacial score (nSPS) is 13.1. The minimum atomic E-state index is -0.243. The van der Waals surface area contributed by atoms with Gasteiger partial charge in [0, 0.05) is 36.2 Å². The van der Waals surface area contributed by atoms with Crippen LogP contribution in [0.4, 0.5) is 0 Å². The number of rotatable bonds is 4. The van der Waals surface area contributed by atoms with Crippen molar-refractivity contribution in [2.24, 2.45) is 14.1 Å². The van der Waals surface area contributed by atoms with E-state index in [-0.39, 0.29) is 11.1 Å². The number of aromatic nitrogens is 5. The van der Waals surface area contributed by atoms with Crippen molar-refractivity contribution in [3.8, 4) is 56.4 Å². The maximum Gasteiger partial charge on any atom is 0.328 e. The summed E-state index contributed by atoms with van der Waals surface area (Å²) in [6.07, 6.45) is 0. The summed E-state index contributed by atoms with van der Waals surface area (Å²) in [4.78, 5) is 27.8. The highest BCUT2D eigenvalue weighted by Gasteiger charge is 2.38. The van der Waals surface area contributed by atoms with Crippen molar-refractivity contribution in [1.29, 1.82) is 0 Å². The molecule has 1 aliphatic carbocycles. The van der Waals surface area contributed by atoms with Crippen LogP contribution < -0.4 is 5.69 Å². The smallest absolute Gasteiger partial charge is 0.295 e. The Balaban J connectivity index is 1.10.